The number of hydrogen-bond acceptors (Lipinski definition) is 5. The molecular formula is C16H23N3O4. The highest BCUT2D eigenvalue weighted by atomic mass is 16.5. The molecule has 1 rings (SSSR count). The van der Waals surface area contributed by atoms with E-state index in [9.17, 15) is 14.4 Å². The number of carbonyl (C=O) groups excluding carboxylic acids is 3. The Morgan fingerprint density at radius 1 is 1.09 bits per heavy atom. The van der Waals surface area contributed by atoms with E-state index in [4.69, 9.17) is 0 Å². The molecule has 1 aromatic carbocycles. The van der Waals surface area contributed by atoms with E-state index in [1.807, 2.05) is 37.3 Å². The minimum Gasteiger partial charge on any atom is -0.450 e. The summed E-state index contributed by atoms with van der Waals surface area (Å²) in [5.41, 5.74) is 0.782. The monoisotopic (exact) mass is 321 g/mol. The van der Waals surface area contributed by atoms with E-state index in [0.717, 1.165) is 5.69 Å². The van der Waals surface area contributed by atoms with Gasteiger partial charge in [0.2, 0.25) is 11.8 Å². The zero-order valence-electron chi connectivity index (χ0n) is 13.7. The number of para-hydroxylation sites is 1. The first-order valence-corrected chi connectivity index (χ1v) is 7.48. The number of carbonyl (C=O) groups is 3. The third kappa shape index (κ3) is 6.48. The van der Waals surface area contributed by atoms with Gasteiger partial charge in [-0.3, -0.25) is 19.8 Å². The van der Waals surface area contributed by atoms with Crippen LogP contribution in [0.2, 0.25) is 0 Å². The lowest BCUT2D eigenvalue weighted by Gasteiger charge is -2.23. The molecule has 0 aromatic heterocycles. The van der Waals surface area contributed by atoms with E-state index in [0.29, 0.717) is 6.54 Å². The summed E-state index contributed by atoms with van der Waals surface area (Å²) in [5, 5.41) is 2.11. The van der Waals surface area contributed by atoms with Gasteiger partial charge in [0.25, 0.3) is 0 Å². The highest BCUT2D eigenvalue weighted by molar-refractivity contribution is 5.95. The van der Waals surface area contributed by atoms with Crippen molar-refractivity contribution in [1.82, 2.24) is 10.2 Å². The fourth-order valence-corrected chi connectivity index (χ4v) is 1.90. The van der Waals surface area contributed by atoms with Crippen LogP contribution in [0.4, 0.5) is 10.5 Å². The van der Waals surface area contributed by atoms with E-state index < -0.39 is 12.0 Å². The summed E-state index contributed by atoms with van der Waals surface area (Å²) in [6.45, 7) is 4.22. The van der Waals surface area contributed by atoms with E-state index in [2.05, 4.69) is 10.1 Å². The van der Waals surface area contributed by atoms with Crippen molar-refractivity contribution in [2.45, 2.75) is 13.8 Å². The SMILES string of the molecule is CCOC(=O)NC(=O)CN(CC)CC(=O)N(C)c1ccccc1. The van der Waals surface area contributed by atoms with Crippen LogP contribution in [0, 0.1) is 0 Å². The largest absolute Gasteiger partial charge is 0.450 e. The van der Waals surface area contributed by atoms with Crippen LogP contribution in [0.5, 0.6) is 0 Å². The Bertz CT molecular complexity index is 533. The topological polar surface area (TPSA) is 79.0 Å². The molecule has 0 saturated carbocycles. The second-order valence-corrected chi connectivity index (χ2v) is 4.86. The molecule has 7 nitrogen and oxygen atoms in total. The molecule has 1 N–H and O–H groups in total. The van der Waals surface area contributed by atoms with E-state index in [1.165, 1.54) is 4.90 Å². The number of rotatable bonds is 7. The van der Waals surface area contributed by atoms with Gasteiger partial charge in [-0.05, 0) is 25.6 Å². The lowest BCUT2D eigenvalue weighted by molar-refractivity contribution is -0.123. The van der Waals surface area contributed by atoms with Crippen molar-refractivity contribution in [3.05, 3.63) is 30.3 Å². The van der Waals surface area contributed by atoms with E-state index >= 15 is 0 Å². The Morgan fingerprint density at radius 3 is 2.30 bits per heavy atom. The average molecular weight is 321 g/mol. The fraction of sp³-hybridized carbons (Fsp3) is 0.438. The molecule has 0 aliphatic carbocycles. The van der Waals surface area contributed by atoms with Gasteiger partial charge in [-0.15, -0.1) is 0 Å². The molecule has 126 valence electrons. The first kappa shape index (κ1) is 18.6. The first-order chi connectivity index (χ1) is 11.0. The average Bonchev–Trinajstić information content (AvgIpc) is 2.54. The van der Waals surface area contributed by atoms with Gasteiger partial charge in [0.05, 0.1) is 19.7 Å². The number of nitrogens with zero attached hydrogens (tertiary/aromatic N) is 2. The number of hydrogen-bond donors (Lipinski definition) is 1. The van der Waals surface area contributed by atoms with Crippen molar-refractivity contribution in [2.75, 3.05) is 38.2 Å². The van der Waals surface area contributed by atoms with Crippen molar-refractivity contribution >= 4 is 23.6 Å². The number of amides is 3. The number of alkyl carbamates (subject to hydrolysis) is 1. The number of ether oxygens (including phenoxy) is 1. The van der Waals surface area contributed by atoms with Crippen LogP contribution >= 0.6 is 0 Å². The molecule has 7 heteroatoms. The van der Waals surface area contributed by atoms with Crippen molar-refractivity contribution in [2.24, 2.45) is 0 Å². The maximum atomic E-state index is 12.3. The minimum absolute atomic E-state index is 0.0519. The highest BCUT2D eigenvalue weighted by Gasteiger charge is 2.18. The summed E-state index contributed by atoms with van der Waals surface area (Å²) in [7, 11) is 1.68. The lowest BCUT2D eigenvalue weighted by atomic mass is 10.3. The summed E-state index contributed by atoms with van der Waals surface area (Å²) >= 11 is 0. The smallest absolute Gasteiger partial charge is 0.413 e. The summed E-state index contributed by atoms with van der Waals surface area (Å²) in [6.07, 6.45) is -0.777. The summed E-state index contributed by atoms with van der Waals surface area (Å²) in [4.78, 5) is 38.4. The van der Waals surface area contributed by atoms with Gasteiger partial charge >= 0.3 is 6.09 Å². The van der Waals surface area contributed by atoms with Gasteiger partial charge in [0.15, 0.2) is 0 Å². The van der Waals surface area contributed by atoms with Gasteiger partial charge in [-0.1, -0.05) is 25.1 Å². The van der Waals surface area contributed by atoms with Crippen LogP contribution in [0.15, 0.2) is 30.3 Å². The standard InChI is InChI=1S/C16H23N3O4/c1-4-19(11-14(20)17-16(22)23-5-2)12-15(21)18(3)13-9-7-6-8-10-13/h6-10H,4-5,11-12H2,1-3H3,(H,17,20,22). The minimum atomic E-state index is -0.777. The van der Waals surface area contributed by atoms with Gasteiger partial charge in [-0.25, -0.2) is 4.79 Å². The molecule has 0 unspecified atom stereocenters. The molecule has 0 atom stereocenters. The summed E-state index contributed by atoms with van der Waals surface area (Å²) < 4.78 is 4.64. The second kappa shape index (κ2) is 9.58. The van der Waals surface area contributed by atoms with Crippen LogP contribution < -0.4 is 10.2 Å². The summed E-state index contributed by atoms with van der Waals surface area (Å²) in [6, 6.07) is 9.25. The second-order valence-electron chi connectivity index (χ2n) is 4.86. The van der Waals surface area contributed by atoms with Gasteiger partial charge in [-0.2, -0.15) is 0 Å². The highest BCUT2D eigenvalue weighted by Crippen LogP contribution is 2.11. The van der Waals surface area contributed by atoms with Crippen LogP contribution in [-0.4, -0.2) is 56.1 Å². The molecule has 1 aromatic rings. The van der Waals surface area contributed by atoms with Gasteiger partial charge in [0, 0.05) is 12.7 Å². The zero-order chi connectivity index (χ0) is 17.2. The molecule has 23 heavy (non-hydrogen) atoms. The van der Waals surface area contributed by atoms with Gasteiger partial charge < -0.3 is 9.64 Å². The van der Waals surface area contributed by atoms with Crippen molar-refractivity contribution in [3.63, 3.8) is 0 Å². The third-order valence-corrected chi connectivity index (χ3v) is 3.21. The number of benzene rings is 1. The van der Waals surface area contributed by atoms with Crippen molar-refractivity contribution in [3.8, 4) is 0 Å². The van der Waals surface area contributed by atoms with Crippen LogP contribution in [0.1, 0.15) is 13.8 Å². The maximum absolute atomic E-state index is 12.3. The molecule has 0 bridgehead atoms. The first-order valence-electron chi connectivity index (χ1n) is 7.48. The predicted octanol–water partition coefficient (Wildman–Crippen LogP) is 1.24. The van der Waals surface area contributed by atoms with Crippen LogP contribution in [0.25, 0.3) is 0 Å². The number of likely N-dealkylation sites (N-methyl/N-ethyl adjacent to an activating group) is 2. The molecular weight excluding hydrogens is 298 g/mol. The van der Waals surface area contributed by atoms with Crippen LogP contribution in [-0.2, 0) is 14.3 Å². The molecule has 0 heterocycles. The van der Waals surface area contributed by atoms with E-state index in [1.54, 1.807) is 18.9 Å². The van der Waals surface area contributed by atoms with Gasteiger partial charge in [0.1, 0.15) is 0 Å². The third-order valence-electron chi connectivity index (χ3n) is 3.21. The zero-order valence-corrected chi connectivity index (χ0v) is 13.7. The lowest BCUT2D eigenvalue weighted by Crippen LogP contribution is -2.44. The number of nitrogens with one attached hydrogen (secondary N) is 1. The number of imide groups is 1. The molecule has 0 fully saturated rings. The number of anilines is 1. The van der Waals surface area contributed by atoms with Crippen molar-refractivity contribution < 1.29 is 19.1 Å². The van der Waals surface area contributed by atoms with Crippen LogP contribution in [0.3, 0.4) is 0 Å². The molecule has 0 spiro atoms. The molecule has 0 radical (unpaired) electrons. The maximum Gasteiger partial charge on any atom is 0.413 e. The Kier molecular flexibility index (Phi) is 7.76. The molecule has 0 aliphatic heterocycles. The van der Waals surface area contributed by atoms with E-state index in [-0.39, 0.29) is 25.6 Å². The molecule has 0 saturated heterocycles. The Hall–Kier alpha value is -2.41. The summed E-state index contributed by atoms with van der Waals surface area (Å²) in [5.74, 6) is -0.637. The Morgan fingerprint density at radius 2 is 1.74 bits per heavy atom. The Balaban J connectivity index is 2.53. The quantitative estimate of drug-likeness (QED) is 0.817. The predicted molar refractivity (Wildman–Crippen MR) is 87.1 cm³/mol. The fourth-order valence-electron chi connectivity index (χ4n) is 1.90. The molecule has 0 aliphatic rings. The molecule has 3 amide bonds. The Labute approximate surface area is 136 Å². The normalized spacial score (nSPS) is 10.3. The van der Waals surface area contributed by atoms with Crippen molar-refractivity contribution in [1.29, 1.82) is 0 Å².